The number of esters is 1. The number of ether oxygens (including phenoxy) is 1. The summed E-state index contributed by atoms with van der Waals surface area (Å²) in [5, 5.41) is 1.61. The highest BCUT2D eigenvalue weighted by Crippen LogP contribution is 2.19. The molecule has 1 fully saturated rings. The van der Waals surface area contributed by atoms with Crippen molar-refractivity contribution in [3.8, 4) is 0 Å². The average Bonchev–Trinajstić information content (AvgIpc) is 2.48. The van der Waals surface area contributed by atoms with Gasteiger partial charge in [-0.05, 0) is 25.0 Å². The number of hydrogen-bond acceptors (Lipinski definition) is 5. The standard InChI is InChI=1S/C14H17NO4/c1-18-13(16)12-7-9-15(10-8-12)19-14(17)11-5-3-2-4-6-11/h2-6,12H,7-10H2,1H3. The van der Waals surface area contributed by atoms with Crippen molar-refractivity contribution in [2.75, 3.05) is 20.2 Å². The predicted molar refractivity (Wildman–Crippen MR) is 68.2 cm³/mol. The smallest absolute Gasteiger partial charge is 0.357 e. The summed E-state index contributed by atoms with van der Waals surface area (Å²) in [7, 11) is 1.39. The van der Waals surface area contributed by atoms with E-state index in [1.54, 1.807) is 29.3 Å². The third-order valence-corrected chi connectivity index (χ3v) is 3.21. The Balaban J connectivity index is 1.83. The van der Waals surface area contributed by atoms with E-state index in [2.05, 4.69) is 0 Å². The van der Waals surface area contributed by atoms with Crippen LogP contribution in [0.15, 0.2) is 30.3 Å². The van der Waals surface area contributed by atoms with E-state index in [-0.39, 0.29) is 17.9 Å². The van der Waals surface area contributed by atoms with Crippen LogP contribution in [-0.4, -0.2) is 37.2 Å². The van der Waals surface area contributed by atoms with E-state index in [0.29, 0.717) is 31.5 Å². The normalized spacial score (nSPS) is 16.9. The van der Waals surface area contributed by atoms with Gasteiger partial charge in [0.25, 0.3) is 0 Å². The molecule has 0 N–H and O–H groups in total. The van der Waals surface area contributed by atoms with Crippen LogP contribution in [0.3, 0.4) is 0 Å². The summed E-state index contributed by atoms with van der Waals surface area (Å²) >= 11 is 0. The lowest BCUT2D eigenvalue weighted by atomic mass is 9.98. The summed E-state index contributed by atoms with van der Waals surface area (Å²) in [6.45, 7) is 1.11. The molecule has 0 spiro atoms. The van der Waals surface area contributed by atoms with Crippen LogP contribution >= 0.6 is 0 Å². The molecule has 0 radical (unpaired) electrons. The number of piperidine rings is 1. The highest BCUT2D eigenvalue weighted by molar-refractivity contribution is 5.89. The average molecular weight is 263 g/mol. The van der Waals surface area contributed by atoms with Crippen LogP contribution in [0.5, 0.6) is 0 Å². The second-order valence-corrected chi connectivity index (χ2v) is 4.47. The Morgan fingerprint density at radius 2 is 1.79 bits per heavy atom. The molecule has 0 aromatic heterocycles. The van der Waals surface area contributed by atoms with E-state index in [9.17, 15) is 9.59 Å². The van der Waals surface area contributed by atoms with Gasteiger partial charge in [-0.1, -0.05) is 18.2 Å². The molecule has 5 nitrogen and oxygen atoms in total. The number of rotatable bonds is 3. The van der Waals surface area contributed by atoms with E-state index in [1.807, 2.05) is 6.07 Å². The van der Waals surface area contributed by atoms with Crippen molar-refractivity contribution in [3.05, 3.63) is 35.9 Å². The lowest BCUT2D eigenvalue weighted by molar-refractivity contribution is -0.155. The molecule has 0 unspecified atom stereocenters. The SMILES string of the molecule is COC(=O)C1CCN(OC(=O)c2ccccc2)CC1. The molecule has 1 aromatic carbocycles. The summed E-state index contributed by atoms with van der Waals surface area (Å²) in [6, 6.07) is 8.85. The van der Waals surface area contributed by atoms with Crippen molar-refractivity contribution in [2.45, 2.75) is 12.8 Å². The Hall–Kier alpha value is -1.88. The maximum atomic E-state index is 11.8. The number of carbonyl (C=O) groups excluding carboxylic acids is 2. The molecule has 19 heavy (non-hydrogen) atoms. The summed E-state index contributed by atoms with van der Waals surface area (Å²) < 4.78 is 4.71. The van der Waals surface area contributed by atoms with Crippen LogP contribution in [0.25, 0.3) is 0 Å². The summed E-state index contributed by atoms with van der Waals surface area (Å²) in [5.74, 6) is -0.636. The van der Waals surface area contributed by atoms with Crippen molar-refractivity contribution >= 4 is 11.9 Å². The highest BCUT2D eigenvalue weighted by Gasteiger charge is 2.27. The van der Waals surface area contributed by atoms with E-state index in [4.69, 9.17) is 9.57 Å². The van der Waals surface area contributed by atoms with Gasteiger partial charge in [0.2, 0.25) is 0 Å². The topological polar surface area (TPSA) is 55.8 Å². The molecule has 0 atom stereocenters. The van der Waals surface area contributed by atoms with Crippen molar-refractivity contribution in [1.82, 2.24) is 5.06 Å². The molecule has 2 rings (SSSR count). The first-order valence-electron chi connectivity index (χ1n) is 6.31. The van der Waals surface area contributed by atoms with Gasteiger partial charge in [0, 0.05) is 13.1 Å². The Bertz CT molecular complexity index is 438. The second kappa shape index (κ2) is 6.33. The van der Waals surface area contributed by atoms with E-state index in [0.717, 1.165) is 0 Å². The lowest BCUT2D eigenvalue weighted by Crippen LogP contribution is -2.38. The predicted octanol–water partition coefficient (Wildman–Crippen LogP) is 1.64. The fourth-order valence-electron chi connectivity index (χ4n) is 2.09. The van der Waals surface area contributed by atoms with Gasteiger partial charge >= 0.3 is 11.9 Å². The third-order valence-electron chi connectivity index (χ3n) is 3.21. The number of nitrogens with zero attached hydrogens (tertiary/aromatic N) is 1. The number of carbonyl (C=O) groups is 2. The maximum Gasteiger partial charge on any atom is 0.357 e. The van der Waals surface area contributed by atoms with Gasteiger partial charge in [-0.25, -0.2) is 4.79 Å². The molecule has 1 aliphatic heterocycles. The third kappa shape index (κ3) is 3.54. The van der Waals surface area contributed by atoms with Gasteiger partial charge < -0.3 is 9.57 Å². The van der Waals surface area contributed by atoms with Gasteiger partial charge in [-0.15, -0.1) is 5.06 Å². The monoisotopic (exact) mass is 263 g/mol. The first-order valence-corrected chi connectivity index (χ1v) is 6.31. The Morgan fingerprint density at radius 1 is 1.16 bits per heavy atom. The first kappa shape index (κ1) is 13.5. The van der Waals surface area contributed by atoms with Crippen LogP contribution in [0, 0.1) is 5.92 Å². The van der Waals surface area contributed by atoms with E-state index >= 15 is 0 Å². The van der Waals surface area contributed by atoms with Crippen LogP contribution in [0.1, 0.15) is 23.2 Å². The number of benzene rings is 1. The van der Waals surface area contributed by atoms with Gasteiger partial charge in [0.05, 0.1) is 18.6 Å². The molecule has 1 aromatic rings. The lowest BCUT2D eigenvalue weighted by Gasteiger charge is -2.28. The minimum atomic E-state index is -0.364. The molecule has 1 saturated heterocycles. The zero-order chi connectivity index (χ0) is 13.7. The van der Waals surface area contributed by atoms with Gasteiger partial charge in [0.15, 0.2) is 0 Å². The van der Waals surface area contributed by atoms with Crippen LogP contribution in [-0.2, 0) is 14.4 Å². The van der Waals surface area contributed by atoms with Crippen LogP contribution < -0.4 is 0 Å². The second-order valence-electron chi connectivity index (χ2n) is 4.47. The van der Waals surface area contributed by atoms with Crippen LogP contribution in [0.2, 0.25) is 0 Å². The molecular weight excluding hydrogens is 246 g/mol. The van der Waals surface area contributed by atoms with Crippen molar-refractivity contribution in [2.24, 2.45) is 5.92 Å². The fraction of sp³-hybridized carbons (Fsp3) is 0.429. The van der Waals surface area contributed by atoms with E-state index < -0.39 is 0 Å². The van der Waals surface area contributed by atoms with Crippen LogP contribution in [0.4, 0.5) is 0 Å². The van der Waals surface area contributed by atoms with Gasteiger partial charge in [0.1, 0.15) is 0 Å². The molecule has 5 heteroatoms. The fourth-order valence-corrected chi connectivity index (χ4v) is 2.09. The molecule has 1 aliphatic rings. The first-order chi connectivity index (χ1) is 9.20. The van der Waals surface area contributed by atoms with Crippen molar-refractivity contribution in [3.63, 3.8) is 0 Å². The number of hydrogen-bond donors (Lipinski definition) is 0. The minimum Gasteiger partial charge on any atom is -0.469 e. The largest absolute Gasteiger partial charge is 0.469 e. The quantitative estimate of drug-likeness (QED) is 0.776. The molecule has 1 heterocycles. The van der Waals surface area contributed by atoms with E-state index in [1.165, 1.54) is 7.11 Å². The minimum absolute atomic E-state index is 0.0864. The molecule has 0 bridgehead atoms. The zero-order valence-electron chi connectivity index (χ0n) is 10.9. The number of hydroxylamine groups is 2. The zero-order valence-corrected chi connectivity index (χ0v) is 10.9. The molecule has 0 saturated carbocycles. The molecular formula is C14H17NO4. The van der Waals surface area contributed by atoms with Gasteiger partial charge in [-0.3, -0.25) is 4.79 Å². The highest BCUT2D eigenvalue weighted by atomic mass is 16.7. The Labute approximate surface area is 112 Å². The summed E-state index contributed by atoms with van der Waals surface area (Å²) in [6.07, 6.45) is 1.30. The maximum absolute atomic E-state index is 11.8. The van der Waals surface area contributed by atoms with Crippen molar-refractivity contribution < 1.29 is 19.2 Å². The van der Waals surface area contributed by atoms with Gasteiger partial charge in [-0.2, -0.15) is 0 Å². The summed E-state index contributed by atoms with van der Waals surface area (Å²) in [4.78, 5) is 28.5. The van der Waals surface area contributed by atoms with Crippen molar-refractivity contribution in [1.29, 1.82) is 0 Å². The molecule has 102 valence electrons. The molecule has 0 aliphatic carbocycles. The Kier molecular flexibility index (Phi) is 4.52. The number of methoxy groups -OCH3 is 1. The molecule has 0 amide bonds. The Morgan fingerprint density at radius 3 is 2.37 bits per heavy atom. The summed E-state index contributed by atoms with van der Waals surface area (Å²) in [5.41, 5.74) is 0.526.